The van der Waals surface area contributed by atoms with Crippen molar-refractivity contribution in [3.05, 3.63) is 113 Å². The van der Waals surface area contributed by atoms with Crippen LogP contribution in [0.1, 0.15) is 23.0 Å². The Morgan fingerprint density at radius 2 is 1.64 bits per heavy atom. The Hall–Kier alpha value is -4.36. The number of carbonyl (C=O) groups excluding carboxylic acids is 2. The number of amidine groups is 1. The van der Waals surface area contributed by atoms with Crippen LogP contribution < -0.4 is 4.90 Å². The molecule has 36 heavy (non-hydrogen) atoms. The van der Waals surface area contributed by atoms with Crippen LogP contribution >= 0.6 is 11.8 Å². The van der Waals surface area contributed by atoms with Gasteiger partial charge in [-0.25, -0.2) is 9.79 Å². The molecule has 0 spiro atoms. The van der Waals surface area contributed by atoms with E-state index in [-0.39, 0.29) is 11.9 Å². The van der Waals surface area contributed by atoms with Crippen LogP contribution in [0.5, 0.6) is 0 Å². The molecule has 1 fully saturated rings. The van der Waals surface area contributed by atoms with Gasteiger partial charge in [0.05, 0.1) is 28.5 Å². The topological polar surface area (TPSA) is 72.1 Å². The summed E-state index contributed by atoms with van der Waals surface area (Å²) < 4.78 is 11.0. The van der Waals surface area contributed by atoms with Crippen molar-refractivity contribution in [2.24, 2.45) is 4.99 Å². The molecule has 1 aliphatic rings. The first-order chi connectivity index (χ1) is 17.6. The number of nitrogens with zero attached hydrogens (tertiary/aromatic N) is 2. The maximum atomic E-state index is 13.4. The van der Waals surface area contributed by atoms with Gasteiger partial charge in [0.25, 0.3) is 5.91 Å². The largest absolute Gasteiger partial charge is 0.462 e. The molecular formula is C29H22N2O4S. The number of carbonyl (C=O) groups is 2. The molecule has 0 N–H and O–H groups in total. The highest BCUT2D eigenvalue weighted by atomic mass is 32.2. The van der Waals surface area contributed by atoms with Crippen LogP contribution in [0.15, 0.2) is 111 Å². The first-order valence-corrected chi connectivity index (χ1v) is 12.2. The van der Waals surface area contributed by atoms with Crippen molar-refractivity contribution < 1.29 is 18.7 Å². The normalized spacial score (nSPS) is 15.6. The van der Waals surface area contributed by atoms with Gasteiger partial charge in [-0.05, 0) is 67.2 Å². The number of esters is 1. The molecule has 6 nitrogen and oxygen atoms in total. The van der Waals surface area contributed by atoms with Crippen LogP contribution in [0.2, 0.25) is 0 Å². The minimum Gasteiger partial charge on any atom is -0.462 e. The summed E-state index contributed by atoms with van der Waals surface area (Å²) in [6.07, 6.45) is 1.73. The summed E-state index contributed by atoms with van der Waals surface area (Å²) in [5, 5.41) is 0.574. The number of furan rings is 1. The van der Waals surface area contributed by atoms with Gasteiger partial charge in [-0.15, -0.1) is 0 Å². The fourth-order valence-corrected chi connectivity index (χ4v) is 4.65. The molecule has 0 unspecified atom stereocenters. The molecule has 7 heteroatoms. The molecule has 0 radical (unpaired) electrons. The number of benzene rings is 3. The van der Waals surface area contributed by atoms with E-state index in [2.05, 4.69) is 0 Å². The first kappa shape index (κ1) is 23.4. The quantitative estimate of drug-likeness (QED) is 0.215. The SMILES string of the molecule is CCOC(=O)c1ccc(-c2ccc(C=C3SC(=Nc4ccccc4)N(c4ccccc4)C3=O)o2)cc1. The van der Waals surface area contributed by atoms with Crippen molar-refractivity contribution in [2.75, 3.05) is 11.5 Å². The summed E-state index contributed by atoms with van der Waals surface area (Å²) in [6.45, 7) is 2.10. The second kappa shape index (κ2) is 10.5. The van der Waals surface area contributed by atoms with E-state index in [1.54, 1.807) is 42.2 Å². The Kier molecular flexibility index (Phi) is 6.82. The van der Waals surface area contributed by atoms with Crippen LogP contribution in [0.4, 0.5) is 11.4 Å². The maximum absolute atomic E-state index is 13.4. The Labute approximate surface area is 212 Å². The van der Waals surface area contributed by atoms with Gasteiger partial charge in [0.15, 0.2) is 5.17 Å². The summed E-state index contributed by atoms with van der Waals surface area (Å²) >= 11 is 1.30. The zero-order valence-electron chi connectivity index (χ0n) is 19.5. The van der Waals surface area contributed by atoms with Crippen LogP contribution in [-0.2, 0) is 9.53 Å². The minimum atomic E-state index is -0.360. The van der Waals surface area contributed by atoms with Gasteiger partial charge in [-0.1, -0.05) is 48.5 Å². The number of thioether (sulfide) groups is 1. The number of para-hydroxylation sites is 2. The van der Waals surface area contributed by atoms with Gasteiger partial charge in [-0.2, -0.15) is 0 Å². The van der Waals surface area contributed by atoms with Gasteiger partial charge in [0, 0.05) is 11.6 Å². The highest BCUT2D eigenvalue weighted by molar-refractivity contribution is 8.19. The standard InChI is InChI=1S/C29H22N2O4S/c1-2-34-28(33)21-15-13-20(14-16-21)25-18-17-24(35-25)19-26-27(32)31(23-11-7-4-8-12-23)29(36-26)30-22-9-5-3-6-10-22/h3-19H,2H2,1H3. The van der Waals surface area contributed by atoms with Gasteiger partial charge < -0.3 is 9.15 Å². The van der Waals surface area contributed by atoms with Crippen molar-refractivity contribution in [1.29, 1.82) is 0 Å². The van der Waals surface area contributed by atoms with Gasteiger partial charge >= 0.3 is 5.97 Å². The average molecular weight is 495 g/mol. The molecule has 2 heterocycles. The summed E-state index contributed by atoms with van der Waals surface area (Å²) in [5.74, 6) is 0.648. The van der Waals surface area contributed by atoms with Crippen LogP contribution in [0.3, 0.4) is 0 Å². The molecule has 1 aromatic heterocycles. The third kappa shape index (κ3) is 5.01. The Morgan fingerprint density at radius 1 is 0.944 bits per heavy atom. The summed E-state index contributed by atoms with van der Waals surface area (Å²) in [5.41, 5.74) is 2.81. The number of amides is 1. The third-order valence-corrected chi connectivity index (χ3v) is 6.35. The number of hydrogen-bond acceptors (Lipinski definition) is 6. The Morgan fingerprint density at radius 3 is 2.33 bits per heavy atom. The second-order valence-corrected chi connectivity index (χ2v) is 8.83. The van der Waals surface area contributed by atoms with Crippen molar-refractivity contribution in [2.45, 2.75) is 6.92 Å². The van der Waals surface area contributed by atoms with E-state index < -0.39 is 0 Å². The van der Waals surface area contributed by atoms with E-state index in [1.807, 2.05) is 72.8 Å². The average Bonchev–Trinajstić information content (AvgIpc) is 3.50. The van der Waals surface area contributed by atoms with E-state index in [1.165, 1.54) is 11.8 Å². The highest BCUT2D eigenvalue weighted by Gasteiger charge is 2.35. The lowest BCUT2D eigenvalue weighted by Crippen LogP contribution is -2.28. The minimum absolute atomic E-state index is 0.169. The van der Waals surface area contributed by atoms with Gasteiger partial charge in [0.2, 0.25) is 0 Å². The molecule has 4 aromatic rings. The molecule has 178 valence electrons. The van der Waals surface area contributed by atoms with E-state index in [0.29, 0.717) is 33.8 Å². The molecule has 0 bridgehead atoms. The van der Waals surface area contributed by atoms with Crippen molar-refractivity contribution >= 4 is 46.3 Å². The van der Waals surface area contributed by atoms with Crippen molar-refractivity contribution in [3.63, 3.8) is 0 Å². The molecule has 5 rings (SSSR count). The van der Waals surface area contributed by atoms with E-state index >= 15 is 0 Å². The fourth-order valence-electron chi connectivity index (χ4n) is 3.67. The molecule has 1 amide bonds. The lowest BCUT2D eigenvalue weighted by atomic mass is 10.1. The predicted molar refractivity (Wildman–Crippen MR) is 143 cm³/mol. The summed E-state index contributed by atoms with van der Waals surface area (Å²) in [4.78, 5) is 32.1. The molecule has 1 saturated heterocycles. The molecule has 0 saturated carbocycles. The summed E-state index contributed by atoms with van der Waals surface area (Å²) in [7, 11) is 0. The predicted octanol–water partition coefficient (Wildman–Crippen LogP) is 6.93. The summed E-state index contributed by atoms with van der Waals surface area (Å²) in [6, 6.07) is 29.7. The van der Waals surface area contributed by atoms with Crippen LogP contribution in [0, 0.1) is 0 Å². The lowest BCUT2D eigenvalue weighted by Gasteiger charge is -2.15. The molecule has 1 aliphatic heterocycles. The molecular weight excluding hydrogens is 472 g/mol. The van der Waals surface area contributed by atoms with Gasteiger partial charge in [-0.3, -0.25) is 9.69 Å². The Balaban J connectivity index is 1.43. The number of anilines is 1. The molecule has 0 atom stereocenters. The van der Waals surface area contributed by atoms with Crippen molar-refractivity contribution in [1.82, 2.24) is 0 Å². The monoisotopic (exact) mass is 494 g/mol. The van der Waals surface area contributed by atoms with Crippen LogP contribution in [-0.4, -0.2) is 23.7 Å². The lowest BCUT2D eigenvalue weighted by molar-refractivity contribution is -0.113. The number of aliphatic imine (C=N–C) groups is 1. The number of ether oxygens (including phenoxy) is 1. The van der Waals surface area contributed by atoms with Crippen molar-refractivity contribution in [3.8, 4) is 11.3 Å². The molecule has 0 aliphatic carbocycles. The zero-order chi connectivity index (χ0) is 24.9. The fraction of sp³-hybridized carbons (Fsp3) is 0.0690. The molecule has 3 aromatic carbocycles. The smallest absolute Gasteiger partial charge is 0.338 e. The third-order valence-electron chi connectivity index (χ3n) is 5.38. The number of rotatable bonds is 6. The van der Waals surface area contributed by atoms with E-state index in [4.69, 9.17) is 14.1 Å². The number of hydrogen-bond donors (Lipinski definition) is 0. The second-order valence-electron chi connectivity index (χ2n) is 7.82. The maximum Gasteiger partial charge on any atom is 0.338 e. The van der Waals surface area contributed by atoms with E-state index in [9.17, 15) is 9.59 Å². The van der Waals surface area contributed by atoms with Gasteiger partial charge in [0.1, 0.15) is 11.5 Å². The Bertz CT molecular complexity index is 1440. The van der Waals surface area contributed by atoms with Crippen LogP contribution in [0.25, 0.3) is 17.4 Å². The first-order valence-electron chi connectivity index (χ1n) is 11.4. The zero-order valence-corrected chi connectivity index (χ0v) is 20.3. The van der Waals surface area contributed by atoms with E-state index in [0.717, 1.165) is 16.9 Å². The highest BCUT2D eigenvalue weighted by Crippen LogP contribution is 2.37.